The van der Waals surface area contributed by atoms with Crippen LogP contribution in [0.2, 0.25) is 0 Å². The summed E-state index contributed by atoms with van der Waals surface area (Å²) in [4.78, 5) is 18.8. The molecule has 0 N–H and O–H groups in total. The highest BCUT2D eigenvalue weighted by atomic mass is 32.1. The Hall–Kier alpha value is -3.43. The lowest BCUT2D eigenvalue weighted by atomic mass is 10.1. The Kier molecular flexibility index (Phi) is 5.04. The summed E-state index contributed by atoms with van der Waals surface area (Å²) in [5.41, 5.74) is -0.0126. The SMILES string of the molecule is [C-]#[N+]c1ccc(N2C(=O)C(C)N(c3ccc(C#N)c(C(F)(F)F)c3)C2=S)cc1C. The fourth-order valence-electron chi connectivity index (χ4n) is 3.15. The van der Waals surface area contributed by atoms with Gasteiger partial charge in [-0.3, -0.25) is 9.69 Å². The number of amides is 1. The van der Waals surface area contributed by atoms with Crippen LogP contribution in [-0.2, 0) is 11.0 Å². The van der Waals surface area contributed by atoms with Crippen molar-refractivity contribution in [3.63, 3.8) is 0 Å². The topological polar surface area (TPSA) is 51.7 Å². The van der Waals surface area contributed by atoms with E-state index in [1.54, 1.807) is 32.0 Å². The number of hydrogen-bond acceptors (Lipinski definition) is 3. The molecule has 1 heterocycles. The highest BCUT2D eigenvalue weighted by Gasteiger charge is 2.42. The maximum atomic E-state index is 13.3. The summed E-state index contributed by atoms with van der Waals surface area (Å²) in [7, 11) is 0. The van der Waals surface area contributed by atoms with Crippen LogP contribution in [0.1, 0.15) is 23.6 Å². The van der Waals surface area contributed by atoms with Crippen LogP contribution < -0.4 is 9.80 Å². The number of nitrogens with zero attached hydrogens (tertiary/aromatic N) is 4. The fourth-order valence-corrected chi connectivity index (χ4v) is 3.61. The second kappa shape index (κ2) is 7.19. The Morgan fingerprint density at radius 1 is 1.21 bits per heavy atom. The second-order valence-corrected chi connectivity index (χ2v) is 6.79. The zero-order valence-electron chi connectivity index (χ0n) is 15.3. The number of thiocarbonyl (C=S) groups is 1. The molecule has 29 heavy (non-hydrogen) atoms. The minimum Gasteiger partial charge on any atom is -0.306 e. The van der Waals surface area contributed by atoms with E-state index in [1.807, 2.05) is 0 Å². The summed E-state index contributed by atoms with van der Waals surface area (Å²) >= 11 is 5.41. The van der Waals surface area contributed by atoms with E-state index in [2.05, 4.69) is 4.85 Å². The molecular weight excluding hydrogens is 401 g/mol. The molecule has 0 aromatic heterocycles. The number of carbonyl (C=O) groups excluding carboxylic acids is 1. The van der Waals surface area contributed by atoms with Crippen molar-refractivity contribution in [1.29, 1.82) is 5.26 Å². The lowest BCUT2D eigenvalue weighted by molar-refractivity contribution is -0.137. The molecule has 0 spiro atoms. The first-order valence-electron chi connectivity index (χ1n) is 8.36. The molecule has 1 amide bonds. The van der Waals surface area contributed by atoms with Crippen molar-refractivity contribution >= 4 is 40.3 Å². The first-order valence-corrected chi connectivity index (χ1v) is 8.77. The van der Waals surface area contributed by atoms with Crippen LogP contribution >= 0.6 is 12.2 Å². The van der Waals surface area contributed by atoms with Crippen LogP contribution in [0.3, 0.4) is 0 Å². The number of alkyl halides is 3. The maximum absolute atomic E-state index is 13.3. The van der Waals surface area contributed by atoms with Crippen molar-refractivity contribution in [2.75, 3.05) is 9.80 Å². The molecule has 5 nitrogen and oxygen atoms in total. The van der Waals surface area contributed by atoms with Gasteiger partial charge in [0.15, 0.2) is 10.8 Å². The van der Waals surface area contributed by atoms with Gasteiger partial charge in [0.2, 0.25) is 0 Å². The normalized spacial score (nSPS) is 16.7. The van der Waals surface area contributed by atoms with Crippen LogP contribution in [-0.4, -0.2) is 17.1 Å². The van der Waals surface area contributed by atoms with E-state index in [0.717, 1.165) is 12.1 Å². The Labute approximate surface area is 170 Å². The van der Waals surface area contributed by atoms with Crippen molar-refractivity contribution in [3.05, 3.63) is 64.5 Å². The second-order valence-electron chi connectivity index (χ2n) is 6.42. The largest absolute Gasteiger partial charge is 0.417 e. The van der Waals surface area contributed by atoms with E-state index in [9.17, 15) is 18.0 Å². The number of benzene rings is 2. The van der Waals surface area contributed by atoms with E-state index in [0.29, 0.717) is 16.9 Å². The van der Waals surface area contributed by atoms with Gasteiger partial charge in [-0.1, -0.05) is 6.07 Å². The van der Waals surface area contributed by atoms with E-state index in [1.165, 1.54) is 21.9 Å². The summed E-state index contributed by atoms with van der Waals surface area (Å²) in [5.74, 6) is -0.400. The lowest BCUT2D eigenvalue weighted by Gasteiger charge is -2.23. The molecule has 9 heteroatoms. The van der Waals surface area contributed by atoms with Gasteiger partial charge < -0.3 is 4.90 Å². The van der Waals surface area contributed by atoms with E-state index in [-0.39, 0.29) is 10.8 Å². The molecule has 1 aliphatic heterocycles. The molecule has 0 aliphatic carbocycles. The number of nitriles is 1. The average molecular weight is 414 g/mol. The third kappa shape index (κ3) is 3.41. The molecule has 1 saturated heterocycles. The van der Waals surface area contributed by atoms with Gasteiger partial charge >= 0.3 is 6.18 Å². The molecule has 0 radical (unpaired) electrons. The summed E-state index contributed by atoms with van der Waals surface area (Å²) < 4.78 is 40.0. The molecule has 1 fully saturated rings. The molecule has 0 saturated carbocycles. The highest BCUT2D eigenvalue weighted by Crippen LogP contribution is 2.37. The van der Waals surface area contributed by atoms with Gasteiger partial charge in [0.05, 0.1) is 23.8 Å². The minimum absolute atomic E-state index is 0.0234. The van der Waals surface area contributed by atoms with Crippen molar-refractivity contribution in [2.24, 2.45) is 0 Å². The molecule has 1 atom stereocenters. The van der Waals surface area contributed by atoms with Crippen molar-refractivity contribution in [1.82, 2.24) is 0 Å². The molecule has 1 aliphatic rings. The maximum Gasteiger partial charge on any atom is 0.417 e. The van der Waals surface area contributed by atoms with Gasteiger partial charge in [-0.2, -0.15) is 18.4 Å². The number of carbonyl (C=O) groups is 1. The Bertz CT molecular complexity index is 1110. The number of halogens is 3. The van der Waals surface area contributed by atoms with Gasteiger partial charge in [0.1, 0.15) is 6.04 Å². The molecule has 1 unspecified atom stereocenters. The van der Waals surface area contributed by atoms with Crippen molar-refractivity contribution in [2.45, 2.75) is 26.1 Å². The van der Waals surface area contributed by atoms with Crippen LogP contribution in [0.15, 0.2) is 36.4 Å². The summed E-state index contributed by atoms with van der Waals surface area (Å²) in [6, 6.07) is 8.68. The Morgan fingerprint density at radius 3 is 2.41 bits per heavy atom. The zero-order chi connectivity index (χ0) is 21.5. The first-order chi connectivity index (χ1) is 13.6. The minimum atomic E-state index is -4.72. The molecular formula is C20H13F3N4OS. The molecule has 0 bridgehead atoms. The van der Waals surface area contributed by atoms with E-state index >= 15 is 0 Å². The first kappa shape index (κ1) is 20.3. The van der Waals surface area contributed by atoms with Gasteiger partial charge in [0.25, 0.3) is 5.91 Å². The molecule has 3 rings (SSSR count). The zero-order valence-corrected chi connectivity index (χ0v) is 16.1. The molecule has 2 aromatic carbocycles. The van der Waals surface area contributed by atoms with Crippen LogP contribution in [0.5, 0.6) is 0 Å². The van der Waals surface area contributed by atoms with E-state index < -0.39 is 29.3 Å². The summed E-state index contributed by atoms with van der Waals surface area (Å²) in [5, 5.41) is 8.99. The standard InChI is InChI=1S/C20H13F3N4OS/c1-11-8-14(6-7-17(11)25-3)27-18(28)12(2)26(19(27)29)15-5-4-13(10-24)16(9-15)20(21,22)23/h4-9,12H,1-2H3. The van der Waals surface area contributed by atoms with Crippen molar-refractivity contribution < 1.29 is 18.0 Å². The molecule has 2 aromatic rings. The van der Waals surface area contributed by atoms with Gasteiger partial charge in [0, 0.05) is 11.4 Å². The van der Waals surface area contributed by atoms with Crippen LogP contribution in [0, 0.1) is 24.8 Å². The monoisotopic (exact) mass is 414 g/mol. The smallest absolute Gasteiger partial charge is 0.306 e. The number of hydrogen-bond donors (Lipinski definition) is 0. The predicted octanol–water partition coefficient (Wildman–Crippen LogP) is 4.96. The Balaban J connectivity index is 2.06. The van der Waals surface area contributed by atoms with Gasteiger partial charge in [-0.25, -0.2) is 4.85 Å². The fraction of sp³-hybridized carbons (Fsp3) is 0.200. The van der Waals surface area contributed by atoms with Crippen LogP contribution in [0.4, 0.5) is 30.2 Å². The number of aryl methyl sites for hydroxylation is 1. The quantitative estimate of drug-likeness (QED) is 0.515. The third-order valence-corrected chi connectivity index (χ3v) is 5.01. The Morgan fingerprint density at radius 2 is 1.86 bits per heavy atom. The highest BCUT2D eigenvalue weighted by molar-refractivity contribution is 7.81. The third-order valence-electron chi connectivity index (χ3n) is 4.63. The summed E-state index contributed by atoms with van der Waals surface area (Å²) in [6.07, 6.45) is -4.72. The van der Waals surface area contributed by atoms with Crippen molar-refractivity contribution in [3.8, 4) is 6.07 Å². The number of rotatable bonds is 2. The van der Waals surface area contributed by atoms with Gasteiger partial charge in [-0.15, -0.1) is 0 Å². The molecule has 146 valence electrons. The number of anilines is 2. The predicted molar refractivity (Wildman–Crippen MR) is 106 cm³/mol. The van der Waals surface area contributed by atoms with Gasteiger partial charge in [-0.05, 0) is 62.0 Å². The van der Waals surface area contributed by atoms with Crippen LogP contribution in [0.25, 0.3) is 4.85 Å². The average Bonchev–Trinajstić information content (AvgIpc) is 2.89. The summed E-state index contributed by atoms with van der Waals surface area (Å²) in [6.45, 7) is 10.4. The lowest BCUT2D eigenvalue weighted by Crippen LogP contribution is -2.34. The van der Waals surface area contributed by atoms with E-state index in [4.69, 9.17) is 24.1 Å².